The molecular formula is C12H15BrN2O. The van der Waals surface area contributed by atoms with Crippen molar-refractivity contribution in [1.82, 2.24) is 10.2 Å². The van der Waals surface area contributed by atoms with E-state index in [1.165, 1.54) is 5.56 Å². The number of rotatable bonds is 1. The second-order valence-electron chi connectivity index (χ2n) is 4.08. The Morgan fingerprint density at radius 2 is 2.06 bits per heavy atom. The van der Waals surface area contributed by atoms with E-state index in [0.717, 1.165) is 17.6 Å². The van der Waals surface area contributed by atoms with Crippen molar-refractivity contribution in [2.24, 2.45) is 0 Å². The number of carbonyl (C=O) groups excluding carboxylic acids is 1. The van der Waals surface area contributed by atoms with Crippen molar-refractivity contribution < 1.29 is 4.79 Å². The van der Waals surface area contributed by atoms with Crippen molar-refractivity contribution in [2.75, 3.05) is 20.1 Å². The molecule has 1 amide bonds. The van der Waals surface area contributed by atoms with Gasteiger partial charge in [0.1, 0.15) is 0 Å². The summed E-state index contributed by atoms with van der Waals surface area (Å²) in [4.78, 5) is 13.3. The van der Waals surface area contributed by atoms with E-state index in [0.29, 0.717) is 6.42 Å². The summed E-state index contributed by atoms with van der Waals surface area (Å²) in [6, 6.07) is 8.48. The SMILES string of the molecule is CN1CC(c2ccc(Br)cc2)NCCC1=O. The highest BCUT2D eigenvalue weighted by molar-refractivity contribution is 9.10. The van der Waals surface area contributed by atoms with E-state index in [1.54, 1.807) is 4.90 Å². The summed E-state index contributed by atoms with van der Waals surface area (Å²) >= 11 is 3.42. The smallest absolute Gasteiger partial charge is 0.223 e. The van der Waals surface area contributed by atoms with Crippen LogP contribution in [0.25, 0.3) is 0 Å². The molecule has 0 saturated carbocycles. The summed E-state index contributed by atoms with van der Waals surface area (Å²) in [7, 11) is 1.86. The third kappa shape index (κ3) is 2.62. The fourth-order valence-corrected chi connectivity index (χ4v) is 2.17. The molecule has 1 unspecified atom stereocenters. The Kier molecular flexibility index (Phi) is 3.61. The van der Waals surface area contributed by atoms with E-state index in [-0.39, 0.29) is 11.9 Å². The molecule has 1 atom stereocenters. The van der Waals surface area contributed by atoms with Gasteiger partial charge in [-0.3, -0.25) is 4.79 Å². The molecule has 4 heteroatoms. The van der Waals surface area contributed by atoms with Crippen LogP contribution in [-0.2, 0) is 4.79 Å². The zero-order valence-corrected chi connectivity index (χ0v) is 10.8. The lowest BCUT2D eigenvalue weighted by Gasteiger charge is -2.21. The Labute approximate surface area is 104 Å². The van der Waals surface area contributed by atoms with E-state index in [4.69, 9.17) is 0 Å². The van der Waals surface area contributed by atoms with Crippen LogP contribution >= 0.6 is 15.9 Å². The highest BCUT2D eigenvalue weighted by Gasteiger charge is 2.20. The number of halogens is 1. The highest BCUT2D eigenvalue weighted by atomic mass is 79.9. The molecule has 1 aromatic carbocycles. The standard InChI is InChI=1S/C12H15BrN2O/c1-15-8-11(14-7-6-12(15)16)9-2-4-10(13)5-3-9/h2-5,11,14H,6-8H2,1H3. The lowest BCUT2D eigenvalue weighted by atomic mass is 10.1. The number of likely N-dealkylation sites (N-methyl/N-ethyl adjacent to an activating group) is 1. The molecule has 1 N–H and O–H groups in total. The van der Waals surface area contributed by atoms with Gasteiger partial charge in [0.15, 0.2) is 0 Å². The second-order valence-corrected chi connectivity index (χ2v) is 5.00. The summed E-state index contributed by atoms with van der Waals surface area (Å²) < 4.78 is 1.08. The summed E-state index contributed by atoms with van der Waals surface area (Å²) in [5.74, 6) is 0.215. The fraction of sp³-hybridized carbons (Fsp3) is 0.417. The van der Waals surface area contributed by atoms with Gasteiger partial charge in [-0.05, 0) is 17.7 Å². The lowest BCUT2D eigenvalue weighted by molar-refractivity contribution is -0.129. The van der Waals surface area contributed by atoms with Crippen molar-refractivity contribution >= 4 is 21.8 Å². The van der Waals surface area contributed by atoms with Crippen molar-refractivity contribution in [3.05, 3.63) is 34.3 Å². The van der Waals surface area contributed by atoms with Crippen LogP contribution in [0.1, 0.15) is 18.0 Å². The maximum absolute atomic E-state index is 11.5. The van der Waals surface area contributed by atoms with Gasteiger partial charge in [-0.1, -0.05) is 28.1 Å². The van der Waals surface area contributed by atoms with Gasteiger partial charge in [0.25, 0.3) is 0 Å². The Bertz CT molecular complexity index is 377. The first-order valence-corrected chi connectivity index (χ1v) is 6.19. The number of hydrogen-bond acceptors (Lipinski definition) is 2. The summed E-state index contributed by atoms with van der Waals surface area (Å²) in [5.41, 5.74) is 1.23. The maximum atomic E-state index is 11.5. The molecule has 86 valence electrons. The third-order valence-electron chi connectivity index (χ3n) is 2.88. The molecule has 0 spiro atoms. The predicted molar refractivity (Wildman–Crippen MR) is 67.1 cm³/mol. The molecular weight excluding hydrogens is 268 g/mol. The molecule has 1 saturated heterocycles. The molecule has 0 aliphatic carbocycles. The van der Waals surface area contributed by atoms with Gasteiger partial charge >= 0.3 is 0 Å². The number of nitrogens with zero attached hydrogens (tertiary/aromatic N) is 1. The minimum Gasteiger partial charge on any atom is -0.344 e. The zero-order valence-electron chi connectivity index (χ0n) is 9.24. The molecule has 0 aromatic heterocycles. The van der Waals surface area contributed by atoms with Crippen molar-refractivity contribution in [2.45, 2.75) is 12.5 Å². The average Bonchev–Trinajstić information content (AvgIpc) is 2.43. The molecule has 0 bridgehead atoms. The van der Waals surface area contributed by atoms with Crippen molar-refractivity contribution in [1.29, 1.82) is 0 Å². The number of nitrogens with one attached hydrogen (secondary N) is 1. The molecule has 1 heterocycles. The Hall–Kier alpha value is -0.870. The molecule has 1 fully saturated rings. The van der Waals surface area contributed by atoms with Gasteiger partial charge < -0.3 is 10.2 Å². The van der Waals surface area contributed by atoms with Crippen LogP contribution in [0.4, 0.5) is 0 Å². The second kappa shape index (κ2) is 4.97. The molecule has 3 nitrogen and oxygen atoms in total. The first-order valence-electron chi connectivity index (χ1n) is 5.39. The molecule has 1 aliphatic heterocycles. The average molecular weight is 283 g/mol. The first kappa shape index (κ1) is 11.6. The molecule has 16 heavy (non-hydrogen) atoms. The first-order chi connectivity index (χ1) is 7.66. The van der Waals surface area contributed by atoms with Crippen LogP contribution in [0.15, 0.2) is 28.7 Å². The quantitative estimate of drug-likeness (QED) is 0.854. The van der Waals surface area contributed by atoms with Crippen LogP contribution < -0.4 is 5.32 Å². The van der Waals surface area contributed by atoms with Crippen molar-refractivity contribution in [3.8, 4) is 0 Å². The van der Waals surface area contributed by atoms with E-state index in [1.807, 2.05) is 19.2 Å². The van der Waals surface area contributed by atoms with E-state index >= 15 is 0 Å². The molecule has 0 radical (unpaired) electrons. The van der Waals surface area contributed by atoms with Crippen LogP contribution in [-0.4, -0.2) is 30.9 Å². The van der Waals surface area contributed by atoms with Gasteiger partial charge in [-0.25, -0.2) is 0 Å². The predicted octanol–water partition coefficient (Wildman–Crippen LogP) is 1.94. The summed E-state index contributed by atoms with van der Waals surface area (Å²) in [5, 5.41) is 3.40. The largest absolute Gasteiger partial charge is 0.344 e. The van der Waals surface area contributed by atoms with Gasteiger partial charge in [-0.2, -0.15) is 0 Å². The minimum absolute atomic E-state index is 0.215. The summed E-state index contributed by atoms with van der Waals surface area (Å²) in [6.07, 6.45) is 0.587. The zero-order chi connectivity index (χ0) is 11.5. The van der Waals surface area contributed by atoms with Crippen LogP contribution in [0.3, 0.4) is 0 Å². The Balaban J connectivity index is 2.14. The Morgan fingerprint density at radius 1 is 1.38 bits per heavy atom. The monoisotopic (exact) mass is 282 g/mol. The third-order valence-corrected chi connectivity index (χ3v) is 3.41. The minimum atomic E-state index is 0.215. The maximum Gasteiger partial charge on any atom is 0.223 e. The van der Waals surface area contributed by atoms with E-state index < -0.39 is 0 Å². The van der Waals surface area contributed by atoms with E-state index in [9.17, 15) is 4.79 Å². The van der Waals surface area contributed by atoms with Gasteiger partial charge in [0.05, 0.1) is 0 Å². The van der Waals surface area contributed by atoms with Crippen LogP contribution in [0.5, 0.6) is 0 Å². The normalized spacial score (nSPS) is 22.0. The Morgan fingerprint density at radius 3 is 2.75 bits per heavy atom. The molecule has 1 aromatic rings. The van der Waals surface area contributed by atoms with Crippen LogP contribution in [0.2, 0.25) is 0 Å². The lowest BCUT2D eigenvalue weighted by Crippen LogP contribution is -2.30. The van der Waals surface area contributed by atoms with Gasteiger partial charge in [-0.15, -0.1) is 0 Å². The molecule has 1 aliphatic rings. The van der Waals surface area contributed by atoms with Gasteiger partial charge in [0, 0.05) is 37.1 Å². The molecule has 2 rings (SSSR count). The number of hydrogen-bond donors (Lipinski definition) is 1. The van der Waals surface area contributed by atoms with E-state index in [2.05, 4.69) is 33.4 Å². The van der Waals surface area contributed by atoms with Gasteiger partial charge in [0.2, 0.25) is 5.91 Å². The number of benzene rings is 1. The van der Waals surface area contributed by atoms with Crippen molar-refractivity contribution in [3.63, 3.8) is 0 Å². The highest BCUT2D eigenvalue weighted by Crippen LogP contribution is 2.19. The summed E-state index contributed by atoms with van der Waals surface area (Å²) in [6.45, 7) is 1.49. The topological polar surface area (TPSA) is 32.3 Å². The van der Waals surface area contributed by atoms with Crippen LogP contribution in [0, 0.1) is 0 Å². The number of amides is 1. The number of carbonyl (C=O) groups is 1. The fourth-order valence-electron chi connectivity index (χ4n) is 1.90.